The van der Waals surface area contributed by atoms with Crippen molar-refractivity contribution in [1.29, 1.82) is 0 Å². The van der Waals surface area contributed by atoms with Gasteiger partial charge in [0.2, 0.25) is 0 Å². The van der Waals surface area contributed by atoms with Gasteiger partial charge in [-0.25, -0.2) is 28.4 Å². The summed E-state index contributed by atoms with van der Waals surface area (Å²) in [5.74, 6) is 0.379. The maximum atomic E-state index is 14.4. The molecule has 36 heavy (non-hydrogen) atoms. The van der Waals surface area contributed by atoms with Gasteiger partial charge >= 0.3 is 0 Å². The quantitative estimate of drug-likeness (QED) is 0.321. The number of pyridine rings is 1. The first kappa shape index (κ1) is 22.1. The Morgan fingerprint density at radius 2 is 2.00 bits per heavy atom. The van der Waals surface area contributed by atoms with Crippen molar-refractivity contribution in [1.82, 2.24) is 38.9 Å². The normalized spacial score (nSPS) is 12.6. The molecular weight excluding hydrogens is 466 g/mol. The summed E-state index contributed by atoms with van der Waals surface area (Å²) in [6.45, 7) is 1.98. The molecule has 1 aromatic carbocycles. The van der Waals surface area contributed by atoms with Gasteiger partial charge in [-0.1, -0.05) is 0 Å². The molecule has 1 aliphatic heterocycles. The van der Waals surface area contributed by atoms with Crippen LogP contribution in [0.3, 0.4) is 0 Å². The first-order valence-electron chi connectivity index (χ1n) is 11.7. The molecule has 0 fully saturated rings. The first-order chi connectivity index (χ1) is 17.7. The number of benzene rings is 1. The molecule has 5 aromatic rings. The molecule has 0 atom stereocenters. The molecule has 5 heterocycles. The molecule has 0 saturated heterocycles. The van der Waals surface area contributed by atoms with E-state index in [1.807, 2.05) is 29.4 Å². The minimum atomic E-state index is -0.733. The number of aromatic nitrogens is 8. The van der Waals surface area contributed by atoms with Gasteiger partial charge in [-0.2, -0.15) is 5.10 Å². The molecule has 182 valence electrons. The highest BCUT2D eigenvalue weighted by Gasteiger charge is 2.23. The van der Waals surface area contributed by atoms with Crippen LogP contribution in [-0.2, 0) is 19.5 Å². The average Bonchev–Trinajstić information content (AvgIpc) is 3.62. The summed E-state index contributed by atoms with van der Waals surface area (Å²) in [6, 6.07) is 5.30. The van der Waals surface area contributed by atoms with Gasteiger partial charge in [0, 0.05) is 49.2 Å². The van der Waals surface area contributed by atoms with Gasteiger partial charge in [-0.05, 0) is 31.4 Å². The van der Waals surface area contributed by atoms with Crippen LogP contribution < -0.4 is 4.74 Å². The van der Waals surface area contributed by atoms with Crippen molar-refractivity contribution in [3.8, 4) is 34.3 Å². The zero-order valence-corrected chi connectivity index (χ0v) is 19.3. The largest absolute Gasteiger partial charge is 0.491 e. The van der Waals surface area contributed by atoms with E-state index in [4.69, 9.17) is 9.72 Å². The van der Waals surface area contributed by atoms with Gasteiger partial charge < -0.3 is 13.9 Å². The molecule has 4 aromatic heterocycles. The molecule has 0 N–H and O–H groups in total. The van der Waals surface area contributed by atoms with Gasteiger partial charge in [-0.3, -0.25) is 4.98 Å². The number of rotatable bonds is 7. The number of nitrogens with zero attached hydrogens (tertiary/aromatic N) is 8. The summed E-state index contributed by atoms with van der Waals surface area (Å²) < 4.78 is 39.2. The Labute approximate surface area is 205 Å². The van der Waals surface area contributed by atoms with E-state index in [9.17, 15) is 8.78 Å². The minimum Gasteiger partial charge on any atom is -0.491 e. The maximum absolute atomic E-state index is 14.4. The van der Waals surface area contributed by atoms with E-state index in [0.717, 1.165) is 48.9 Å². The van der Waals surface area contributed by atoms with Gasteiger partial charge in [0.25, 0.3) is 0 Å². The monoisotopic (exact) mass is 488 g/mol. The van der Waals surface area contributed by atoms with E-state index in [-0.39, 0.29) is 5.69 Å². The van der Waals surface area contributed by atoms with E-state index < -0.39 is 11.6 Å². The van der Waals surface area contributed by atoms with Crippen LogP contribution in [0.2, 0.25) is 0 Å². The van der Waals surface area contributed by atoms with Gasteiger partial charge in [0.1, 0.15) is 41.7 Å². The third kappa shape index (κ3) is 4.23. The highest BCUT2D eigenvalue weighted by atomic mass is 19.1. The molecule has 0 spiro atoms. The molecule has 11 heteroatoms. The SMILES string of the molecule is Fc1ccc(-n2ncnc2-c2cn3c(n2)-c2cnc(CCCCn4ccnc4)cc2OCC3)c(F)c1. The van der Waals surface area contributed by atoms with Crippen molar-refractivity contribution < 1.29 is 13.5 Å². The van der Waals surface area contributed by atoms with Gasteiger partial charge in [0.15, 0.2) is 11.6 Å². The van der Waals surface area contributed by atoms with Crippen molar-refractivity contribution in [3.05, 3.63) is 79.0 Å². The van der Waals surface area contributed by atoms with Crippen LogP contribution in [-0.4, -0.2) is 45.5 Å². The molecule has 0 saturated carbocycles. The van der Waals surface area contributed by atoms with Crippen molar-refractivity contribution >= 4 is 0 Å². The van der Waals surface area contributed by atoms with Crippen LogP contribution in [0.4, 0.5) is 8.78 Å². The summed E-state index contributed by atoms with van der Waals surface area (Å²) in [5, 5.41) is 4.14. The molecule has 1 aliphatic rings. The lowest BCUT2D eigenvalue weighted by Gasteiger charge is -2.09. The van der Waals surface area contributed by atoms with Crippen LogP contribution >= 0.6 is 0 Å². The molecule has 0 radical (unpaired) electrons. The highest BCUT2D eigenvalue weighted by molar-refractivity contribution is 5.68. The fraction of sp³-hybridized carbons (Fsp3) is 0.240. The fourth-order valence-corrected chi connectivity index (χ4v) is 4.33. The summed E-state index contributed by atoms with van der Waals surface area (Å²) in [5.41, 5.74) is 2.35. The molecule has 9 nitrogen and oxygen atoms in total. The van der Waals surface area contributed by atoms with Crippen LogP contribution in [0.5, 0.6) is 5.75 Å². The van der Waals surface area contributed by atoms with E-state index in [1.54, 1.807) is 12.4 Å². The average molecular weight is 489 g/mol. The van der Waals surface area contributed by atoms with E-state index >= 15 is 0 Å². The van der Waals surface area contributed by atoms with Crippen LogP contribution in [0.25, 0.3) is 28.6 Å². The molecule has 0 bridgehead atoms. The Balaban J connectivity index is 1.25. The fourth-order valence-electron chi connectivity index (χ4n) is 4.33. The predicted molar refractivity (Wildman–Crippen MR) is 126 cm³/mol. The summed E-state index contributed by atoms with van der Waals surface area (Å²) in [7, 11) is 0. The van der Waals surface area contributed by atoms with Crippen LogP contribution in [0, 0.1) is 11.6 Å². The number of halogens is 2. The number of aryl methyl sites for hydroxylation is 2. The van der Waals surface area contributed by atoms with Crippen LogP contribution in [0.1, 0.15) is 18.5 Å². The number of imidazole rings is 2. The van der Waals surface area contributed by atoms with Crippen molar-refractivity contribution in [2.24, 2.45) is 0 Å². The zero-order valence-electron chi connectivity index (χ0n) is 19.3. The molecule has 0 unspecified atom stereocenters. The van der Waals surface area contributed by atoms with Crippen molar-refractivity contribution in [3.63, 3.8) is 0 Å². The summed E-state index contributed by atoms with van der Waals surface area (Å²) >= 11 is 0. The van der Waals surface area contributed by atoms with Gasteiger partial charge in [0.05, 0.1) is 18.4 Å². The third-order valence-corrected chi connectivity index (χ3v) is 6.10. The number of ether oxygens (including phenoxy) is 1. The summed E-state index contributed by atoms with van der Waals surface area (Å²) in [4.78, 5) is 17.8. The molecule has 0 aliphatic carbocycles. The molecular formula is C25H22F2N8O. The van der Waals surface area contributed by atoms with E-state index in [2.05, 4.69) is 24.6 Å². The highest BCUT2D eigenvalue weighted by Crippen LogP contribution is 2.34. The standard InChI is InChI=1S/C25H22F2N8O/c26-17-4-5-22(20(27)11-17)35-25(30-15-31-35)21-14-34-9-10-36-23-12-18(29-13-19(23)24(34)32-21)3-1-2-7-33-8-6-28-16-33/h4-6,8,11-16H,1-3,7,9-10H2. The number of unbranched alkanes of at least 4 members (excludes halogenated alkanes) is 1. The van der Waals surface area contributed by atoms with E-state index in [1.165, 1.54) is 23.1 Å². The number of hydrogen-bond acceptors (Lipinski definition) is 6. The van der Waals surface area contributed by atoms with Gasteiger partial charge in [-0.15, -0.1) is 0 Å². The Kier molecular flexibility index (Phi) is 5.72. The Hall–Kier alpha value is -4.41. The Morgan fingerprint density at radius 1 is 1.06 bits per heavy atom. The predicted octanol–water partition coefficient (Wildman–Crippen LogP) is 4.08. The molecule has 0 amide bonds. The molecule has 6 rings (SSSR count). The van der Waals surface area contributed by atoms with Crippen molar-refractivity contribution in [2.45, 2.75) is 32.4 Å². The minimum absolute atomic E-state index is 0.0928. The third-order valence-electron chi connectivity index (χ3n) is 6.10. The number of hydrogen-bond donors (Lipinski definition) is 0. The second-order valence-corrected chi connectivity index (χ2v) is 8.51. The topological polar surface area (TPSA) is 88.5 Å². The van der Waals surface area contributed by atoms with E-state index in [0.29, 0.717) is 30.5 Å². The zero-order chi connectivity index (χ0) is 24.5. The van der Waals surface area contributed by atoms with Crippen LogP contribution in [0.15, 0.2) is 61.7 Å². The summed E-state index contributed by atoms with van der Waals surface area (Å²) in [6.07, 6.45) is 13.4. The lowest BCUT2D eigenvalue weighted by molar-refractivity contribution is 0.306. The second kappa shape index (κ2) is 9.33. The Bertz CT molecular complexity index is 1510. The first-order valence-corrected chi connectivity index (χ1v) is 11.7. The number of fused-ring (bicyclic) bond motifs is 3. The smallest absolute Gasteiger partial charge is 0.183 e. The maximum Gasteiger partial charge on any atom is 0.183 e. The lowest BCUT2D eigenvalue weighted by atomic mass is 10.1. The van der Waals surface area contributed by atoms with Crippen molar-refractivity contribution in [2.75, 3.05) is 6.61 Å². The Morgan fingerprint density at radius 3 is 2.86 bits per heavy atom. The second-order valence-electron chi connectivity index (χ2n) is 8.51. The lowest BCUT2D eigenvalue weighted by Crippen LogP contribution is -2.05.